The maximum Gasteiger partial charge on any atom is 0.256 e. The van der Waals surface area contributed by atoms with Crippen LogP contribution in [0, 0.1) is 6.92 Å². The van der Waals surface area contributed by atoms with Crippen LogP contribution in [0.2, 0.25) is 0 Å². The van der Waals surface area contributed by atoms with E-state index in [4.69, 9.17) is 23.9 Å². The minimum Gasteiger partial charge on any atom is -0.497 e. The van der Waals surface area contributed by atoms with Crippen LogP contribution in [0.15, 0.2) is 134 Å². The summed E-state index contributed by atoms with van der Waals surface area (Å²) in [6.45, 7) is 2.02. The molecule has 0 aliphatic rings. The molecule has 7 rings (SSSR count). The smallest absolute Gasteiger partial charge is 0.256 e. The van der Waals surface area contributed by atoms with Crippen molar-refractivity contribution >= 4 is 22.5 Å². The number of methoxy groups -OCH3 is 4. The van der Waals surface area contributed by atoms with Gasteiger partial charge in [-0.3, -0.25) is 9.78 Å². The number of ether oxygens (including phenoxy) is 4. The lowest BCUT2D eigenvalue weighted by atomic mass is 9.79. The van der Waals surface area contributed by atoms with Gasteiger partial charge < -0.3 is 24.3 Å². The summed E-state index contributed by atoms with van der Waals surface area (Å²) in [6.07, 6.45) is 1.71. The molecule has 1 aromatic heterocycles. The Morgan fingerprint density at radius 3 is 1.29 bits per heavy atom. The zero-order valence-electron chi connectivity index (χ0n) is 29.7. The van der Waals surface area contributed by atoms with E-state index >= 15 is 0 Å². The first-order valence-electron chi connectivity index (χ1n) is 16.9. The molecule has 1 heterocycles. The first kappa shape index (κ1) is 33.9. The number of nitrogens with zero attached hydrogens (tertiary/aromatic N) is 1. The molecular weight excluding hydrogens is 649 g/mol. The minimum absolute atomic E-state index is 0.246. The van der Waals surface area contributed by atoms with Crippen LogP contribution >= 0.6 is 0 Å². The zero-order chi connectivity index (χ0) is 36.2. The Morgan fingerprint density at radius 1 is 0.481 bits per heavy atom. The highest BCUT2D eigenvalue weighted by Gasteiger charge is 2.28. The number of anilines is 1. The van der Waals surface area contributed by atoms with Crippen molar-refractivity contribution in [2.24, 2.45) is 0 Å². The summed E-state index contributed by atoms with van der Waals surface area (Å²) in [5, 5.41) is 3.86. The molecule has 0 aliphatic heterocycles. The molecule has 0 unspecified atom stereocenters. The van der Waals surface area contributed by atoms with Crippen LogP contribution in [-0.2, 0) is 0 Å². The maximum absolute atomic E-state index is 14.5. The molecule has 0 saturated carbocycles. The first-order chi connectivity index (χ1) is 25.4. The summed E-state index contributed by atoms with van der Waals surface area (Å²) in [4.78, 5) is 19.6. The highest BCUT2D eigenvalue weighted by molar-refractivity contribution is 6.24. The number of aryl methyl sites for hydroxylation is 1. The monoisotopic (exact) mass is 686 g/mol. The van der Waals surface area contributed by atoms with E-state index in [9.17, 15) is 4.79 Å². The van der Waals surface area contributed by atoms with Gasteiger partial charge in [0.05, 0.1) is 39.5 Å². The Labute approximate surface area is 303 Å². The molecule has 1 N–H and O–H groups in total. The van der Waals surface area contributed by atoms with Crippen LogP contribution < -0.4 is 24.3 Å². The molecular formula is C45H38N2O5. The second kappa shape index (κ2) is 14.7. The van der Waals surface area contributed by atoms with Crippen molar-refractivity contribution in [2.45, 2.75) is 6.92 Å². The molecule has 1 amide bonds. The predicted octanol–water partition coefficient (Wildman–Crippen LogP) is 10.5. The Kier molecular flexibility index (Phi) is 9.58. The van der Waals surface area contributed by atoms with Crippen LogP contribution in [0.4, 0.5) is 5.69 Å². The SMILES string of the molecule is COc1ccc(-c2c(-c3ccc(OC)cc3)c(-c3ccc(OC)cc3)c3c(C(=O)Nc4ccc(C)cc4)ccnc3c2-c2ccc(OC)cc2)cc1. The fraction of sp³-hybridized carbons (Fsp3) is 0.111. The normalized spacial score (nSPS) is 10.9. The molecule has 0 spiro atoms. The van der Waals surface area contributed by atoms with Crippen LogP contribution in [0.25, 0.3) is 55.4 Å². The molecule has 7 aromatic rings. The van der Waals surface area contributed by atoms with Crippen molar-refractivity contribution in [1.29, 1.82) is 0 Å². The lowest BCUT2D eigenvalue weighted by Gasteiger charge is -2.25. The maximum atomic E-state index is 14.5. The number of aromatic nitrogens is 1. The van der Waals surface area contributed by atoms with E-state index in [0.29, 0.717) is 22.2 Å². The van der Waals surface area contributed by atoms with Crippen molar-refractivity contribution in [2.75, 3.05) is 33.8 Å². The molecule has 0 aliphatic carbocycles. The minimum atomic E-state index is -0.246. The van der Waals surface area contributed by atoms with Crippen molar-refractivity contribution in [1.82, 2.24) is 4.98 Å². The van der Waals surface area contributed by atoms with Gasteiger partial charge in [-0.1, -0.05) is 66.2 Å². The highest BCUT2D eigenvalue weighted by atomic mass is 16.5. The van der Waals surface area contributed by atoms with Crippen LogP contribution in [-0.4, -0.2) is 39.3 Å². The molecule has 7 nitrogen and oxygen atoms in total. The van der Waals surface area contributed by atoms with Crippen molar-refractivity contribution < 1.29 is 23.7 Å². The number of nitrogens with one attached hydrogen (secondary N) is 1. The van der Waals surface area contributed by atoms with Crippen molar-refractivity contribution in [3.8, 4) is 67.5 Å². The number of carbonyl (C=O) groups is 1. The Hall–Kier alpha value is -6.60. The Balaban J connectivity index is 1.67. The summed E-state index contributed by atoms with van der Waals surface area (Å²) in [6, 6.07) is 41.5. The standard InChI is InChI=1S/C45H38N2O5/c1-28-6-16-33(17-7-28)47-45(48)38-26-27-46-44-42(32-14-24-37(52-5)25-15-32)40(30-10-20-35(50-3)21-11-30)39(29-8-18-34(49-2)19-9-29)41(43(38)44)31-12-22-36(51-4)23-13-31/h6-27H,1-5H3,(H,47,48). The summed E-state index contributed by atoms with van der Waals surface area (Å²) < 4.78 is 22.3. The lowest BCUT2D eigenvalue weighted by molar-refractivity contribution is 0.102. The van der Waals surface area contributed by atoms with E-state index in [1.165, 1.54) is 0 Å². The van der Waals surface area contributed by atoms with Gasteiger partial charge in [0.1, 0.15) is 23.0 Å². The second-order valence-electron chi connectivity index (χ2n) is 12.3. The van der Waals surface area contributed by atoms with Crippen molar-refractivity contribution in [3.05, 3.63) is 145 Å². The molecule has 7 heteroatoms. The van der Waals surface area contributed by atoms with Crippen molar-refractivity contribution in [3.63, 3.8) is 0 Å². The molecule has 0 bridgehead atoms. The number of fused-ring (bicyclic) bond motifs is 1. The number of amides is 1. The number of hydrogen-bond donors (Lipinski definition) is 1. The van der Waals surface area contributed by atoms with Gasteiger partial charge in [0.15, 0.2) is 0 Å². The lowest BCUT2D eigenvalue weighted by Crippen LogP contribution is -2.13. The van der Waals surface area contributed by atoms with E-state index in [1.54, 1.807) is 40.7 Å². The van der Waals surface area contributed by atoms with Gasteiger partial charge in [0, 0.05) is 34.0 Å². The third-order valence-corrected chi connectivity index (χ3v) is 9.26. The van der Waals surface area contributed by atoms with E-state index in [1.807, 2.05) is 104 Å². The molecule has 0 saturated heterocycles. The van der Waals surface area contributed by atoms with Crippen LogP contribution in [0.5, 0.6) is 23.0 Å². The van der Waals surface area contributed by atoms with Gasteiger partial charge >= 0.3 is 0 Å². The Bertz CT molecular complexity index is 2350. The molecule has 0 radical (unpaired) electrons. The molecule has 0 atom stereocenters. The second-order valence-corrected chi connectivity index (χ2v) is 12.3. The van der Waals surface area contributed by atoms with Gasteiger partial charge in [-0.25, -0.2) is 0 Å². The average molecular weight is 687 g/mol. The van der Waals surface area contributed by atoms with E-state index in [2.05, 4.69) is 29.6 Å². The summed E-state index contributed by atoms with van der Waals surface area (Å²) in [5.41, 5.74) is 10.3. The van der Waals surface area contributed by atoms with Gasteiger partial charge in [0.2, 0.25) is 0 Å². The number of pyridine rings is 1. The van der Waals surface area contributed by atoms with Crippen LogP contribution in [0.1, 0.15) is 15.9 Å². The van der Waals surface area contributed by atoms with Gasteiger partial charge in [-0.2, -0.15) is 0 Å². The van der Waals surface area contributed by atoms with Gasteiger partial charge in [-0.05, 0) is 101 Å². The summed E-state index contributed by atoms with van der Waals surface area (Å²) >= 11 is 0. The molecule has 0 fully saturated rings. The van der Waals surface area contributed by atoms with Gasteiger partial charge in [-0.15, -0.1) is 0 Å². The van der Waals surface area contributed by atoms with Crippen LogP contribution in [0.3, 0.4) is 0 Å². The number of benzene rings is 6. The van der Waals surface area contributed by atoms with E-state index in [0.717, 1.165) is 73.1 Å². The first-order valence-corrected chi connectivity index (χ1v) is 16.9. The Morgan fingerprint density at radius 2 is 0.865 bits per heavy atom. The molecule has 258 valence electrons. The number of hydrogen-bond acceptors (Lipinski definition) is 6. The third kappa shape index (κ3) is 6.52. The molecule has 52 heavy (non-hydrogen) atoms. The largest absolute Gasteiger partial charge is 0.497 e. The molecule has 6 aromatic carbocycles. The summed E-state index contributed by atoms with van der Waals surface area (Å²) in [7, 11) is 6.61. The number of rotatable bonds is 10. The fourth-order valence-corrected chi connectivity index (χ4v) is 6.60. The third-order valence-electron chi connectivity index (χ3n) is 9.26. The van der Waals surface area contributed by atoms with E-state index in [-0.39, 0.29) is 5.91 Å². The summed E-state index contributed by atoms with van der Waals surface area (Å²) in [5.74, 6) is 2.68. The number of carbonyl (C=O) groups excluding carboxylic acids is 1. The van der Waals surface area contributed by atoms with Gasteiger partial charge in [0.25, 0.3) is 5.91 Å². The fourth-order valence-electron chi connectivity index (χ4n) is 6.60. The van der Waals surface area contributed by atoms with E-state index < -0.39 is 0 Å². The predicted molar refractivity (Wildman–Crippen MR) is 209 cm³/mol. The quantitative estimate of drug-likeness (QED) is 0.154. The zero-order valence-corrected chi connectivity index (χ0v) is 29.7. The topological polar surface area (TPSA) is 78.9 Å². The average Bonchev–Trinajstić information content (AvgIpc) is 3.20. The highest BCUT2D eigenvalue weighted by Crippen LogP contribution is 2.51.